The van der Waals surface area contributed by atoms with Crippen LogP contribution in [-0.2, 0) is 27.1 Å². The summed E-state index contributed by atoms with van der Waals surface area (Å²) >= 11 is 0. The molecule has 2 heterocycles. The maximum atomic E-state index is 12.6. The van der Waals surface area contributed by atoms with Gasteiger partial charge in [0.05, 0.1) is 37.2 Å². The first-order valence-corrected chi connectivity index (χ1v) is 11.0. The zero-order valence-corrected chi connectivity index (χ0v) is 19.8. The quantitative estimate of drug-likeness (QED) is 0.193. The number of aliphatic hydroxyl groups excluding tert-OH is 5. The molecule has 1 aromatic heterocycles. The maximum absolute atomic E-state index is 12.6. The summed E-state index contributed by atoms with van der Waals surface area (Å²) in [5.41, 5.74) is -2.42. The Hall–Kier alpha value is -2.78. The summed E-state index contributed by atoms with van der Waals surface area (Å²) in [6.45, 7) is 2.21. The third-order valence-electron chi connectivity index (χ3n) is 6.16. The summed E-state index contributed by atoms with van der Waals surface area (Å²) in [6.07, 6.45) is -9.94. The van der Waals surface area contributed by atoms with Gasteiger partial charge in [-0.2, -0.15) is 0 Å². The topological polar surface area (TPSA) is 217 Å². The SMILES string of the molecule is COc1c(CC(=O)O)c(O)cc2oc(=O)c(CC(O)C(C)(C)O[C@@H]3O[C@H](CO)[C@@H](O)[C@H](O)[C@H]3O)cc12. The van der Waals surface area contributed by atoms with Crippen LogP contribution in [0.5, 0.6) is 11.5 Å². The minimum atomic E-state index is -1.69. The molecule has 36 heavy (non-hydrogen) atoms. The van der Waals surface area contributed by atoms with E-state index >= 15 is 0 Å². The van der Waals surface area contributed by atoms with Gasteiger partial charge >= 0.3 is 11.6 Å². The van der Waals surface area contributed by atoms with Gasteiger partial charge in [-0.1, -0.05) is 0 Å². The van der Waals surface area contributed by atoms with Crippen LogP contribution in [0.2, 0.25) is 0 Å². The number of phenols is 1. The number of carboxylic acid groups (broad SMARTS) is 1. The van der Waals surface area contributed by atoms with Gasteiger partial charge in [0.1, 0.15) is 41.5 Å². The Morgan fingerprint density at radius 3 is 2.42 bits per heavy atom. The predicted octanol–water partition coefficient (Wildman–Crippen LogP) is -1.37. The van der Waals surface area contributed by atoms with Gasteiger partial charge in [0.15, 0.2) is 6.29 Å². The molecule has 1 unspecified atom stereocenters. The van der Waals surface area contributed by atoms with E-state index in [1.54, 1.807) is 0 Å². The number of aliphatic hydroxyl groups is 5. The molecule has 0 amide bonds. The lowest BCUT2D eigenvalue weighted by Gasteiger charge is -2.43. The summed E-state index contributed by atoms with van der Waals surface area (Å²) in [5.74, 6) is -1.65. The molecular formula is C23H30O13. The molecule has 7 N–H and O–H groups in total. The summed E-state index contributed by atoms with van der Waals surface area (Å²) < 4.78 is 21.5. The molecule has 0 spiro atoms. The largest absolute Gasteiger partial charge is 0.507 e. The van der Waals surface area contributed by atoms with Crippen molar-refractivity contribution in [2.24, 2.45) is 0 Å². The maximum Gasteiger partial charge on any atom is 0.339 e. The molecule has 6 atom stereocenters. The summed E-state index contributed by atoms with van der Waals surface area (Å²) in [4.78, 5) is 23.8. The number of hydrogen-bond acceptors (Lipinski definition) is 12. The van der Waals surface area contributed by atoms with Crippen LogP contribution in [0.1, 0.15) is 25.0 Å². The third kappa shape index (κ3) is 5.47. The molecule has 0 radical (unpaired) electrons. The van der Waals surface area contributed by atoms with Crippen molar-refractivity contribution in [1.82, 2.24) is 0 Å². The second-order valence-corrected chi connectivity index (χ2v) is 9.09. The Kier molecular flexibility index (Phi) is 8.25. The number of methoxy groups -OCH3 is 1. The molecule has 0 aliphatic carbocycles. The molecule has 1 aliphatic rings. The molecule has 13 nitrogen and oxygen atoms in total. The molecule has 1 saturated heterocycles. The van der Waals surface area contributed by atoms with Crippen molar-refractivity contribution in [2.75, 3.05) is 13.7 Å². The fourth-order valence-electron chi connectivity index (χ4n) is 3.99. The van der Waals surface area contributed by atoms with Crippen LogP contribution >= 0.6 is 0 Å². The van der Waals surface area contributed by atoms with E-state index in [0.717, 1.165) is 6.07 Å². The summed E-state index contributed by atoms with van der Waals surface area (Å²) in [7, 11) is 1.26. The standard InChI is InChI=1S/C23H30O13/c1-23(2,36-22-19(31)18(30)17(29)14(8-24)35-22)15(26)5-9-4-11-13(34-21(9)32)7-12(25)10(6-16(27)28)20(11)33-3/h4,7,14-15,17-19,22,24-26,29-31H,5-6,8H2,1-3H3,(H,27,28)/t14-,15?,17-,18+,19-,22+/m1/s1. The van der Waals surface area contributed by atoms with Gasteiger partial charge in [-0.25, -0.2) is 4.79 Å². The summed E-state index contributed by atoms with van der Waals surface area (Å²) in [6, 6.07) is 2.45. The van der Waals surface area contributed by atoms with Gasteiger partial charge in [-0.05, 0) is 19.9 Å². The summed E-state index contributed by atoms with van der Waals surface area (Å²) in [5, 5.41) is 69.9. The van der Waals surface area contributed by atoms with Gasteiger partial charge in [-0.3, -0.25) is 4.79 Å². The number of aliphatic carboxylic acids is 1. The third-order valence-corrected chi connectivity index (χ3v) is 6.16. The minimum absolute atomic E-state index is 0.0104. The van der Waals surface area contributed by atoms with E-state index in [2.05, 4.69) is 0 Å². The first-order valence-electron chi connectivity index (χ1n) is 11.0. The van der Waals surface area contributed by atoms with E-state index in [4.69, 9.17) is 23.7 Å². The van der Waals surface area contributed by atoms with Crippen molar-refractivity contribution in [2.45, 2.75) is 69.1 Å². The lowest BCUT2D eigenvalue weighted by molar-refractivity contribution is -0.331. The van der Waals surface area contributed by atoms with Gasteiger partial charge in [0.2, 0.25) is 0 Å². The predicted molar refractivity (Wildman–Crippen MR) is 121 cm³/mol. The smallest absolute Gasteiger partial charge is 0.339 e. The highest BCUT2D eigenvalue weighted by Gasteiger charge is 2.47. The first kappa shape index (κ1) is 27.8. The van der Waals surface area contributed by atoms with E-state index in [1.807, 2.05) is 0 Å². The number of rotatable bonds is 9. The number of carboxylic acids is 1. The van der Waals surface area contributed by atoms with Crippen LogP contribution in [-0.4, -0.2) is 97.8 Å². The molecule has 0 bridgehead atoms. The van der Waals surface area contributed by atoms with Crippen molar-refractivity contribution >= 4 is 16.9 Å². The van der Waals surface area contributed by atoms with Gasteiger partial charge < -0.3 is 54.4 Å². The second kappa shape index (κ2) is 10.7. The van der Waals surface area contributed by atoms with Crippen LogP contribution in [0.3, 0.4) is 0 Å². The van der Waals surface area contributed by atoms with E-state index in [0.29, 0.717) is 0 Å². The molecule has 13 heteroatoms. The van der Waals surface area contributed by atoms with Crippen molar-refractivity contribution in [1.29, 1.82) is 0 Å². The average Bonchev–Trinajstić information content (AvgIpc) is 2.80. The molecule has 3 rings (SSSR count). The normalized spacial score (nSPS) is 25.6. The van der Waals surface area contributed by atoms with Gasteiger partial charge in [-0.15, -0.1) is 0 Å². The van der Waals surface area contributed by atoms with Crippen LogP contribution < -0.4 is 10.4 Å². The fraction of sp³-hybridized carbons (Fsp3) is 0.565. The van der Waals surface area contributed by atoms with Crippen LogP contribution in [0, 0.1) is 0 Å². The minimum Gasteiger partial charge on any atom is -0.507 e. The van der Waals surface area contributed by atoms with E-state index in [1.165, 1.54) is 27.0 Å². The van der Waals surface area contributed by atoms with Crippen LogP contribution in [0.15, 0.2) is 21.3 Å². The Labute approximate surface area is 204 Å². The molecule has 0 saturated carbocycles. The molecule has 200 valence electrons. The van der Waals surface area contributed by atoms with E-state index in [9.17, 15) is 40.2 Å². The Morgan fingerprint density at radius 1 is 1.17 bits per heavy atom. The van der Waals surface area contributed by atoms with Crippen molar-refractivity contribution in [3.05, 3.63) is 33.7 Å². The zero-order chi connectivity index (χ0) is 26.9. The first-order chi connectivity index (χ1) is 16.8. The number of phenolic OH excluding ortho intramolecular Hbond substituents is 1. The number of aromatic hydroxyl groups is 1. The van der Waals surface area contributed by atoms with Crippen LogP contribution in [0.25, 0.3) is 11.0 Å². The average molecular weight is 514 g/mol. The lowest BCUT2D eigenvalue weighted by atomic mass is 9.93. The van der Waals surface area contributed by atoms with Crippen LogP contribution in [0.4, 0.5) is 0 Å². The highest BCUT2D eigenvalue weighted by molar-refractivity contribution is 5.89. The number of carbonyl (C=O) groups is 1. The number of ether oxygens (including phenoxy) is 3. The van der Waals surface area contributed by atoms with Gasteiger partial charge in [0, 0.05) is 23.6 Å². The molecule has 1 aromatic carbocycles. The fourth-order valence-corrected chi connectivity index (χ4v) is 3.99. The zero-order valence-electron chi connectivity index (χ0n) is 19.8. The number of fused-ring (bicyclic) bond motifs is 1. The molecule has 1 aliphatic heterocycles. The van der Waals surface area contributed by atoms with E-state index in [-0.39, 0.29) is 34.3 Å². The van der Waals surface area contributed by atoms with Crippen molar-refractivity contribution in [3.8, 4) is 11.5 Å². The Morgan fingerprint density at radius 2 is 1.83 bits per heavy atom. The lowest BCUT2D eigenvalue weighted by Crippen LogP contribution is -2.61. The number of benzene rings is 1. The number of hydrogen-bond donors (Lipinski definition) is 7. The highest BCUT2D eigenvalue weighted by atomic mass is 16.7. The second-order valence-electron chi connectivity index (χ2n) is 9.09. The van der Waals surface area contributed by atoms with Gasteiger partial charge in [0.25, 0.3) is 0 Å². The van der Waals surface area contributed by atoms with Crippen molar-refractivity contribution < 1.29 is 59.2 Å². The van der Waals surface area contributed by atoms with E-state index < -0.39 is 72.8 Å². The Balaban J connectivity index is 1.89. The molecule has 1 fully saturated rings. The monoisotopic (exact) mass is 514 g/mol. The van der Waals surface area contributed by atoms with Crippen molar-refractivity contribution in [3.63, 3.8) is 0 Å². The molecular weight excluding hydrogens is 484 g/mol. The molecule has 2 aromatic rings. The highest BCUT2D eigenvalue weighted by Crippen LogP contribution is 2.37. The Bertz CT molecular complexity index is 1150.